The lowest BCUT2D eigenvalue weighted by molar-refractivity contribution is -0.757. The highest BCUT2D eigenvalue weighted by molar-refractivity contribution is 8.71. The average molecular weight is 612 g/mol. The number of ether oxygens (including phenoxy) is 3. The predicted octanol–water partition coefficient (Wildman–Crippen LogP) is 4.34. The van der Waals surface area contributed by atoms with Crippen LogP contribution in [-0.2, 0) is 34.5 Å². The highest BCUT2D eigenvalue weighted by atomic mass is 33.1. The molecule has 2 rings (SSSR count). The summed E-state index contributed by atoms with van der Waals surface area (Å²) in [5.41, 5.74) is 1.66. The maximum absolute atomic E-state index is 12.9. The Balaban J connectivity index is 2.16. The minimum Gasteiger partial charge on any atom is -0.461 e. The molecule has 0 aliphatic carbocycles. The van der Waals surface area contributed by atoms with E-state index in [0.29, 0.717) is 16.7 Å². The highest BCUT2D eigenvalue weighted by Crippen LogP contribution is 2.28. The molecule has 12 nitrogen and oxygen atoms in total. The van der Waals surface area contributed by atoms with Crippen LogP contribution in [0.1, 0.15) is 61.0 Å². The van der Waals surface area contributed by atoms with E-state index in [1.807, 2.05) is 24.3 Å². The second kappa shape index (κ2) is 16.0. The molecule has 41 heavy (non-hydrogen) atoms. The summed E-state index contributed by atoms with van der Waals surface area (Å²) in [5.74, 6) is -2.67. The molecule has 0 fully saturated rings. The Morgan fingerprint density at radius 3 is 2.29 bits per heavy atom. The fourth-order valence-electron chi connectivity index (χ4n) is 3.50. The van der Waals surface area contributed by atoms with Crippen LogP contribution in [0.25, 0.3) is 0 Å². The summed E-state index contributed by atoms with van der Waals surface area (Å²) in [5, 5.41) is 9.26. The zero-order chi connectivity index (χ0) is 30.6. The molecule has 14 heteroatoms. The molecule has 0 aliphatic heterocycles. The van der Waals surface area contributed by atoms with Gasteiger partial charge in [0.2, 0.25) is 0 Å². The molecule has 0 aliphatic rings. The predicted molar refractivity (Wildman–Crippen MR) is 151 cm³/mol. The Morgan fingerprint density at radius 2 is 1.68 bits per heavy atom. The number of benzene rings is 2. The van der Waals surface area contributed by atoms with Crippen molar-refractivity contribution < 1.29 is 46.9 Å². The minimum atomic E-state index is -3.34. The first-order valence-electron chi connectivity index (χ1n) is 12.7. The van der Waals surface area contributed by atoms with Gasteiger partial charge in [0.25, 0.3) is 5.09 Å². The molecule has 0 bridgehead atoms. The lowest BCUT2D eigenvalue weighted by Gasteiger charge is -2.15. The first-order chi connectivity index (χ1) is 19.2. The maximum atomic E-state index is 12.9. The number of carbonyl (C=O) groups excluding carboxylic acids is 3. The summed E-state index contributed by atoms with van der Waals surface area (Å²) in [6.45, 7) is 5.35. The summed E-state index contributed by atoms with van der Waals surface area (Å²) in [6, 6.07) is 11.4. The third-order valence-electron chi connectivity index (χ3n) is 5.43. The van der Waals surface area contributed by atoms with E-state index in [9.17, 15) is 32.9 Å². The third-order valence-corrected chi connectivity index (χ3v) is 7.97. The first kappa shape index (κ1) is 33.6. The van der Waals surface area contributed by atoms with Crippen LogP contribution in [0.3, 0.4) is 0 Å². The average Bonchev–Trinajstić information content (AvgIpc) is 2.89. The van der Waals surface area contributed by atoms with Gasteiger partial charge in [-0.1, -0.05) is 38.1 Å². The lowest BCUT2D eigenvalue weighted by Crippen LogP contribution is -2.18. The van der Waals surface area contributed by atoms with Crippen molar-refractivity contribution in [2.75, 3.05) is 25.2 Å². The molecule has 2 aromatic rings. The Kier molecular flexibility index (Phi) is 13.1. The van der Waals surface area contributed by atoms with Gasteiger partial charge >= 0.3 is 17.9 Å². The van der Waals surface area contributed by atoms with Crippen molar-refractivity contribution in [3.8, 4) is 11.5 Å². The Hall–Kier alpha value is -3.65. The second-order valence-electron chi connectivity index (χ2n) is 9.44. The summed E-state index contributed by atoms with van der Waals surface area (Å²) in [7, 11) is -2.74. The monoisotopic (exact) mass is 611 g/mol. The van der Waals surface area contributed by atoms with E-state index in [1.165, 1.54) is 18.2 Å². The van der Waals surface area contributed by atoms with Gasteiger partial charge in [0.1, 0.15) is 23.7 Å². The number of nitrogens with zero attached hydrogens (tertiary/aromatic N) is 1. The molecular weight excluding hydrogens is 578 g/mol. The largest absolute Gasteiger partial charge is 0.461 e. The molecule has 224 valence electrons. The van der Waals surface area contributed by atoms with E-state index in [0.717, 1.165) is 23.8 Å². The summed E-state index contributed by atoms with van der Waals surface area (Å²) < 4.78 is 38.5. The fraction of sp³-hybridized carbons (Fsp3) is 0.444. The van der Waals surface area contributed by atoms with Crippen LogP contribution in [0.15, 0.2) is 42.5 Å². The Bertz CT molecular complexity index is 1330. The van der Waals surface area contributed by atoms with Crippen molar-refractivity contribution in [1.29, 1.82) is 0 Å². The van der Waals surface area contributed by atoms with E-state index in [1.54, 1.807) is 6.92 Å². The molecule has 0 spiro atoms. The lowest BCUT2D eigenvalue weighted by atomic mass is 9.97. The van der Waals surface area contributed by atoms with E-state index < -0.39 is 37.8 Å². The van der Waals surface area contributed by atoms with Crippen molar-refractivity contribution in [3.05, 3.63) is 69.3 Å². The van der Waals surface area contributed by atoms with E-state index in [4.69, 9.17) is 14.2 Å². The van der Waals surface area contributed by atoms with Gasteiger partial charge in [-0.15, -0.1) is 10.1 Å². The number of hydrogen-bond acceptors (Lipinski definition) is 12. The van der Waals surface area contributed by atoms with Gasteiger partial charge in [0.05, 0.1) is 12.5 Å². The quantitative estimate of drug-likeness (QED) is 0.0659. The van der Waals surface area contributed by atoms with Gasteiger partial charge in [0.15, 0.2) is 8.87 Å². The van der Waals surface area contributed by atoms with Crippen LogP contribution >= 0.6 is 10.8 Å². The SMILES string of the molecule is CC(C)Cc1ccc(C(C)C(=O)Oc2ccc(OC(=O)CCCO[N+](=O)[O-])c(C(=O)OCCSS(C)(=O)=O)c2)cc1. The molecule has 0 amide bonds. The summed E-state index contributed by atoms with van der Waals surface area (Å²) >= 11 is 0. The van der Waals surface area contributed by atoms with Crippen molar-refractivity contribution in [2.45, 2.75) is 46.0 Å². The van der Waals surface area contributed by atoms with Crippen LogP contribution in [0.5, 0.6) is 11.5 Å². The molecule has 0 radical (unpaired) electrons. The van der Waals surface area contributed by atoms with Gasteiger partial charge in [-0.05, 0) is 65.8 Å². The Labute approximate surface area is 242 Å². The van der Waals surface area contributed by atoms with E-state index in [-0.39, 0.29) is 48.9 Å². The van der Waals surface area contributed by atoms with Gasteiger partial charge in [0, 0.05) is 18.4 Å². The van der Waals surface area contributed by atoms with Gasteiger partial charge in [-0.3, -0.25) is 9.59 Å². The molecule has 1 unspecified atom stereocenters. The van der Waals surface area contributed by atoms with Crippen molar-refractivity contribution in [1.82, 2.24) is 0 Å². The number of hydrogen-bond donors (Lipinski definition) is 0. The molecule has 0 saturated heterocycles. The maximum Gasteiger partial charge on any atom is 0.342 e. The van der Waals surface area contributed by atoms with Crippen molar-refractivity contribution >= 4 is 37.6 Å². The minimum absolute atomic E-state index is 0.00470. The normalized spacial score (nSPS) is 11.9. The van der Waals surface area contributed by atoms with Crippen LogP contribution in [-0.4, -0.2) is 56.6 Å². The molecule has 0 N–H and O–H groups in total. The standard InChI is InChI=1S/C27H33NO11S2/c1-18(2)16-20-7-9-21(10-8-20)19(3)26(30)38-22-11-12-24(39-25(29)6-5-13-37-28(32)33)23(17-22)27(31)36-14-15-40-41(4,34)35/h7-12,17-19H,5-6,13-16H2,1-4H3. The zero-order valence-electron chi connectivity index (χ0n) is 23.2. The molecule has 2 aromatic carbocycles. The first-order valence-corrected chi connectivity index (χ1v) is 16.1. The topological polar surface area (TPSA) is 165 Å². The molecular formula is C27H33NO11S2. The zero-order valence-corrected chi connectivity index (χ0v) is 24.8. The molecule has 0 saturated carbocycles. The smallest absolute Gasteiger partial charge is 0.342 e. The van der Waals surface area contributed by atoms with Gasteiger partial charge in [-0.2, -0.15) is 0 Å². The number of carbonyl (C=O) groups is 3. The summed E-state index contributed by atoms with van der Waals surface area (Å²) in [4.78, 5) is 52.3. The highest BCUT2D eigenvalue weighted by Gasteiger charge is 2.22. The fourth-order valence-corrected chi connectivity index (χ4v) is 5.07. The van der Waals surface area contributed by atoms with Crippen LogP contribution in [0.4, 0.5) is 0 Å². The van der Waals surface area contributed by atoms with Crippen molar-refractivity contribution in [3.63, 3.8) is 0 Å². The third kappa shape index (κ3) is 12.6. The van der Waals surface area contributed by atoms with Crippen LogP contribution in [0, 0.1) is 16.0 Å². The van der Waals surface area contributed by atoms with Crippen LogP contribution < -0.4 is 9.47 Å². The van der Waals surface area contributed by atoms with E-state index in [2.05, 4.69) is 18.7 Å². The number of esters is 3. The molecule has 0 aromatic heterocycles. The number of rotatable bonds is 16. The van der Waals surface area contributed by atoms with Gasteiger partial charge < -0.3 is 19.0 Å². The molecule has 0 heterocycles. The molecule has 1 atom stereocenters. The Morgan fingerprint density at radius 1 is 1.00 bits per heavy atom. The summed E-state index contributed by atoms with van der Waals surface area (Å²) in [6.07, 6.45) is 1.69. The van der Waals surface area contributed by atoms with Crippen LogP contribution in [0.2, 0.25) is 0 Å². The second-order valence-corrected chi connectivity index (χ2v) is 14.0. The van der Waals surface area contributed by atoms with E-state index >= 15 is 0 Å². The van der Waals surface area contributed by atoms with Gasteiger partial charge in [-0.25, -0.2) is 13.2 Å². The van der Waals surface area contributed by atoms with Crippen molar-refractivity contribution in [2.24, 2.45) is 5.92 Å².